The molecule has 0 atom stereocenters. The number of nitrogens with one attached hydrogen (secondary N) is 1. The zero-order valence-electron chi connectivity index (χ0n) is 12.0. The largest absolute Gasteiger partial charge is 0.489 e. The van der Waals surface area contributed by atoms with Gasteiger partial charge in [0, 0.05) is 12.6 Å². The molecular weight excluding hydrogens is 280 g/mol. The van der Waals surface area contributed by atoms with Crippen LogP contribution in [0.1, 0.15) is 20.8 Å². The second-order valence-corrected chi connectivity index (χ2v) is 7.25. The van der Waals surface area contributed by atoms with Crippen LogP contribution in [0.25, 0.3) is 0 Å². The van der Waals surface area contributed by atoms with E-state index in [4.69, 9.17) is 15.0 Å². The maximum absolute atomic E-state index is 11.3. The fraction of sp³-hybridized carbons (Fsp3) is 0.538. The predicted octanol–water partition coefficient (Wildman–Crippen LogP) is 1.16. The topological polar surface area (TPSA) is 102 Å². The summed E-state index contributed by atoms with van der Waals surface area (Å²) in [6, 6.07) is 4.39. The molecule has 0 aliphatic heterocycles. The fourth-order valence-corrected chi connectivity index (χ4v) is 1.99. The minimum Gasteiger partial charge on any atom is -0.489 e. The Kier molecular flexibility index (Phi) is 5.38. The Balaban J connectivity index is 3.03. The quantitative estimate of drug-likeness (QED) is 0.732. The summed E-state index contributed by atoms with van der Waals surface area (Å²) in [6.45, 7) is 6.85. The molecule has 1 aromatic carbocycles. The summed E-state index contributed by atoms with van der Waals surface area (Å²) >= 11 is 0. The van der Waals surface area contributed by atoms with Gasteiger partial charge in [-0.05, 0) is 17.5 Å². The van der Waals surface area contributed by atoms with Gasteiger partial charge in [-0.25, -0.2) is 13.6 Å². The molecule has 0 aromatic heterocycles. The van der Waals surface area contributed by atoms with Crippen molar-refractivity contribution in [3.8, 4) is 5.75 Å². The SMILES string of the molecule is CC(C)(C)CNc1ccc(S(N)(=O)=O)cc1OCCO. The molecule has 0 saturated heterocycles. The monoisotopic (exact) mass is 302 g/mol. The van der Waals surface area contributed by atoms with Crippen LogP contribution in [0.3, 0.4) is 0 Å². The number of aliphatic hydroxyl groups excluding tert-OH is 1. The highest BCUT2D eigenvalue weighted by molar-refractivity contribution is 7.89. The first-order chi connectivity index (χ1) is 9.13. The Morgan fingerprint density at radius 1 is 1.35 bits per heavy atom. The van der Waals surface area contributed by atoms with E-state index >= 15 is 0 Å². The molecule has 0 fully saturated rings. The third-order valence-corrected chi connectivity index (χ3v) is 3.35. The van der Waals surface area contributed by atoms with Crippen LogP contribution in [0.5, 0.6) is 5.75 Å². The van der Waals surface area contributed by atoms with E-state index in [1.807, 2.05) is 0 Å². The molecule has 1 aromatic rings. The Bertz CT molecular complexity index is 550. The summed E-state index contributed by atoms with van der Waals surface area (Å²) in [5, 5.41) is 17.1. The van der Waals surface area contributed by atoms with Gasteiger partial charge in [0.05, 0.1) is 17.2 Å². The molecule has 6 nitrogen and oxygen atoms in total. The molecule has 114 valence electrons. The molecule has 0 saturated carbocycles. The number of hydrogen-bond donors (Lipinski definition) is 3. The fourth-order valence-electron chi connectivity index (χ4n) is 1.46. The van der Waals surface area contributed by atoms with E-state index in [-0.39, 0.29) is 23.5 Å². The summed E-state index contributed by atoms with van der Waals surface area (Å²) < 4.78 is 28.0. The smallest absolute Gasteiger partial charge is 0.238 e. The zero-order chi connectivity index (χ0) is 15.4. The maximum atomic E-state index is 11.3. The maximum Gasteiger partial charge on any atom is 0.238 e. The highest BCUT2D eigenvalue weighted by Crippen LogP contribution is 2.28. The lowest BCUT2D eigenvalue weighted by molar-refractivity contribution is 0.201. The molecule has 4 N–H and O–H groups in total. The number of hydrogen-bond acceptors (Lipinski definition) is 5. The molecule has 0 bridgehead atoms. The Morgan fingerprint density at radius 3 is 2.50 bits per heavy atom. The summed E-state index contributed by atoms with van der Waals surface area (Å²) in [5.74, 6) is 0.356. The van der Waals surface area contributed by atoms with E-state index in [2.05, 4.69) is 26.1 Å². The van der Waals surface area contributed by atoms with Crippen LogP contribution >= 0.6 is 0 Å². The van der Waals surface area contributed by atoms with Gasteiger partial charge in [0.25, 0.3) is 0 Å². The van der Waals surface area contributed by atoms with Crippen molar-refractivity contribution in [2.45, 2.75) is 25.7 Å². The van der Waals surface area contributed by atoms with Gasteiger partial charge in [0.1, 0.15) is 12.4 Å². The zero-order valence-corrected chi connectivity index (χ0v) is 12.8. The summed E-state index contributed by atoms with van der Waals surface area (Å²) in [6.07, 6.45) is 0. The number of anilines is 1. The predicted molar refractivity (Wildman–Crippen MR) is 78.3 cm³/mol. The molecule has 0 aliphatic carbocycles. The molecule has 0 spiro atoms. The van der Waals surface area contributed by atoms with Gasteiger partial charge in [0.15, 0.2) is 0 Å². The third kappa shape index (κ3) is 5.36. The van der Waals surface area contributed by atoms with E-state index in [1.54, 1.807) is 6.07 Å². The van der Waals surface area contributed by atoms with E-state index in [9.17, 15) is 8.42 Å². The molecule has 0 radical (unpaired) electrons. The van der Waals surface area contributed by atoms with Crippen LogP contribution in [0.4, 0.5) is 5.69 Å². The van der Waals surface area contributed by atoms with Crippen LogP contribution < -0.4 is 15.2 Å². The van der Waals surface area contributed by atoms with E-state index in [0.29, 0.717) is 18.0 Å². The van der Waals surface area contributed by atoms with Crippen molar-refractivity contribution in [3.63, 3.8) is 0 Å². The highest BCUT2D eigenvalue weighted by Gasteiger charge is 2.15. The van der Waals surface area contributed by atoms with Crippen molar-refractivity contribution < 1.29 is 18.3 Å². The van der Waals surface area contributed by atoms with Crippen LogP contribution in [0, 0.1) is 5.41 Å². The molecule has 20 heavy (non-hydrogen) atoms. The van der Waals surface area contributed by atoms with E-state index in [1.165, 1.54) is 12.1 Å². The van der Waals surface area contributed by atoms with Gasteiger partial charge in [-0.15, -0.1) is 0 Å². The van der Waals surface area contributed by atoms with E-state index in [0.717, 1.165) is 0 Å². The number of nitrogens with two attached hydrogens (primary N) is 1. The van der Waals surface area contributed by atoms with Crippen molar-refractivity contribution in [2.75, 3.05) is 25.1 Å². The first kappa shape index (κ1) is 16.7. The molecule has 0 aliphatic rings. The lowest BCUT2D eigenvalue weighted by atomic mass is 9.97. The third-order valence-electron chi connectivity index (χ3n) is 2.44. The number of ether oxygens (including phenoxy) is 1. The second kappa shape index (κ2) is 6.43. The van der Waals surface area contributed by atoms with Crippen molar-refractivity contribution in [1.82, 2.24) is 0 Å². The van der Waals surface area contributed by atoms with Crippen molar-refractivity contribution >= 4 is 15.7 Å². The van der Waals surface area contributed by atoms with Gasteiger partial charge >= 0.3 is 0 Å². The van der Waals surface area contributed by atoms with Crippen LogP contribution in [0.15, 0.2) is 23.1 Å². The van der Waals surface area contributed by atoms with Crippen LogP contribution in [-0.2, 0) is 10.0 Å². The normalized spacial score (nSPS) is 12.2. The van der Waals surface area contributed by atoms with Crippen LogP contribution in [-0.4, -0.2) is 33.3 Å². The molecule has 0 heterocycles. The molecule has 0 unspecified atom stereocenters. The molecule has 7 heteroatoms. The van der Waals surface area contributed by atoms with Crippen LogP contribution in [0.2, 0.25) is 0 Å². The molecule has 0 amide bonds. The second-order valence-electron chi connectivity index (χ2n) is 5.69. The lowest BCUT2D eigenvalue weighted by Crippen LogP contribution is -2.20. The van der Waals surface area contributed by atoms with Gasteiger partial charge in [0.2, 0.25) is 10.0 Å². The summed E-state index contributed by atoms with van der Waals surface area (Å²) in [5.41, 5.74) is 0.730. The summed E-state index contributed by atoms with van der Waals surface area (Å²) in [4.78, 5) is -0.0215. The minimum atomic E-state index is -3.78. The van der Waals surface area contributed by atoms with Crippen molar-refractivity contribution in [3.05, 3.63) is 18.2 Å². The average molecular weight is 302 g/mol. The van der Waals surface area contributed by atoms with Crippen molar-refractivity contribution in [2.24, 2.45) is 10.6 Å². The van der Waals surface area contributed by atoms with Gasteiger partial charge in [-0.3, -0.25) is 0 Å². The first-order valence-corrected chi connectivity index (χ1v) is 7.82. The van der Waals surface area contributed by atoms with E-state index < -0.39 is 10.0 Å². The van der Waals surface area contributed by atoms with Gasteiger partial charge < -0.3 is 15.2 Å². The highest BCUT2D eigenvalue weighted by atomic mass is 32.2. The number of rotatable bonds is 6. The minimum absolute atomic E-state index is 0.0215. The van der Waals surface area contributed by atoms with Gasteiger partial charge in [-0.1, -0.05) is 20.8 Å². The first-order valence-electron chi connectivity index (χ1n) is 6.28. The Morgan fingerprint density at radius 2 is 2.00 bits per heavy atom. The Hall–Kier alpha value is -1.31. The number of benzene rings is 1. The standard InChI is InChI=1S/C13H22N2O4S/c1-13(2,3)9-15-11-5-4-10(20(14,17)18)8-12(11)19-7-6-16/h4-5,8,15-16H,6-7,9H2,1-3H3,(H2,14,17,18). The molecule has 1 rings (SSSR count). The average Bonchev–Trinajstić information content (AvgIpc) is 2.32. The summed E-state index contributed by atoms with van der Waals surface area (Å²) in [7, 11) is -3.78. The Labute approximate surface area is 120 Å². The number of sulfonamides is 1. The number of primary sulfonamides is 1. The molecular formula is C13H22N2O4S. The number of aliphatic hydroxyl groups is 1. The van der Waals surface area contributed by atoms with Crippen molar-refractivity contribution in [1.29, 1.82) is 0 Å². The van der Waals surface area contributed by atoms with Gasteiger partial charge in [-0.2, -0.15) is 0 Å². The lowest BCUT2D eigenvalue weighted by Gasteiger charge is -2.21.